The van der Waals surface area contributed by atoms with Crippen molar-refractivity contribution in [2.24, 2.45) is 0 Å². The fraction of sp³-hybridized carbons (Fsp3) is 0.471. The van der Waals surface area contributed by atoms with Crippen LogP contribution in [0.3, 0.4) is 0 Å². The lowest BCUT2D eigenvalue weighted by molar-refractivity contribution is -0.187. The van der Waals surface area contributed by atoms with Crippen molar-refractivity contribution in [2.45, 2.75) is 45.4 Å². The van der Waals surface area contributed by atoms with E-state index in [9.17, 15) is 18.0 Å². The molecule has 0 fully saturated rings. The van der Waals surface area contributed by atoms with Crippen molar-refractivity contribution in [3.05, 3.63) is 33.9 Å². The smallest absolute Gasteiger partial charge is 0.430 e. The third-order valence-electron chi connectivity index (χ3n) is 3.55. The van der Waals surface area contributed by atoms with Crippen molar-refractivity contribution >= 4 is 23.6 Å². The quantitative estimate of drug-likeness (QED) is 0.701. The summed E-state index contributed by atoms with van der Waals surface area (Å²) >= 11 is 6.24. The predicted octanol–water partition coefficient (Wildman–Crippen LogP) is 4.91. The van der Waals surface area contributed by atoms with Crippen LogP contribution in [0, 0.1) is 0 Å². The summed E-state index contributed by atoms with van der Waals surface area (Å²) in [4.78, 5) is 11.9. The van der Waals surface area contributed by atoms with Crippen LogP contribution in [-0.2, 0) is 14.9 Å². The maximum Gasteiger partial charge on any atom is 0.430 e. The first-order valence-electron chi connectivity index (χ1n) is 7.41. The molecular weight excluding hydrogens is 345 g/mol. The molecule has 0 amide bonds. The summed E-state index contributed by atoms with van der Waals surface area (Å²) in [5.74, 6) is -1.01. The minimum atomic E-state index is -4.74. The van der Waals surface area contributed by atoms with Crippen molar-refractivity contribution in [1.82, 2.24) is 0 Å². The molecule has 0 radical (unpaired) electrons. The van der Waals surface area contributed by atoms with Crippen LogP contribution in [0.4, 0.5) is 13.2 Å². The summed E-state index contributed by atoms with van der Waals surface area (Å²) in [5, 5.41) is 0.398. The van der Waals surface area contributed by atoms with E-state index in [2.05, 4.69) is 0 Å². The number of carbonyl (C=O) groups excluding carboxylic acids is 1. The van der Waals surface area contributed by atoms with Gasteiger partial charge in [-0.25, -0.2) is 4.79 Å². The van der Waals surface area contributed by atoms with Crippen LogP contribution >= 0.6 is 11.6 Å². The molecule has 1 atom stereocenters. The van der Waals surface area contributed by atoms with Crippen LogP contribution in [-0.4, -0.2) is 24.9 Å². The lowest BCUT2D eigenvalue weighted by Crippen LogP contribution is -2.40. The number of esters is 1. The van der Waals surface area contributed by atoms with Gasteiger partial charge in [0, 0.05) is 10.6 Å². The summed E-state index contributed by atoms with van der Waals surface area (Å²) in [6.07, 6.45) is -5.97. The normalized spacial score (nSPS) is 17.7. The molecule has 0 aliphatic carbocycles. The molecule has 7 heteroatoms. The highest BCUT2D eigenvalue weighted by molar-refractivity contribution is 6.31. The lowest BCUT2D eigenvalue weighted by atomic mass is 9.85. The number of hydrogen-bond acceptors (Lipinski definition) is 3. The van der Waals surface area contributed by atoms with Crippen LogP contribution in [0.1, 0.15) is 38.8 Å². The van der Waals surface area contributed by atoms with E-state index in [4.69, 9.17) is 21.1 Å². The van der Waals surface area contributed by atoms with Gasteiger partial charge in [-0.1, -0.05) is 32.4 Å². The van der Waals surface area contributed by atoms with E-state index in [-0.39, 0.29) is 17.8 Å². The van der Waals surface area contributed by atoms with E-state index in [0.717, 1.165) is 6.08 Å². The van der Waals surface area contributed by atoms with Gasteiger partial charge in [0.15, 0.2) is 0 Å². The highest BCUT2D eigenvalue weighted by Gasteiger charge is 2.49. The average molecular weight is 363 g/mol. The second kappa shape index (κ2) is 6.31. The van der Waals surface area contributed by atoms with Gasteiger partial charge in [-0.05, 0) is 36.1 Å². The number of benzene rings is 1. The summed E-state index contributed by atoms with van der Waals surface area (Å²) < 4.78 is 49.7. The zero-order valence-corrected chi connectivity index (χ0v) is 14.5. The first-order chi connectivity index (χ1) is 10.9. The van der Waals surface area contributed by atoms with Gasteiger partial charge in [0.25, 0.3) is 0 Å². The van der Waals surface area contributed by atoms with E-state index in [1.165, 1.54) is 19.1 Å². The number of ether oxygens (including phenoxy) is 2. The van der Waals surface area contributed by atoms with E-state index in [1.54, 1.807) is 0 Å². The monoisotopic (exact) mass is 362 g/mol. The topological polar surface area (TPSA) is 35.5 Å². The standard InChI is InChI=1S/C17H18ClF3O3/c1-5-23-15(22)10-6-9-7-12(18)11(16(2,3)4)8-13(9)24-14(10)17(19,20)21/h6-8,14H,5H2,1-4H3. The Balaban J connectivity index is 2.58. The Kier molecular flexibility index (Phi) is 4.91. The van der Waals surface area contributed by atoms with Crippen molar-refractivity contribution in [3.8, 4) is 5.75 Å². The Hall–Kier alpha value is -1.69. The Morgan fingerprint density at radius 2 is 1.92 bits per heavy atom. The number of halogens is 4. The van der Waals surface area contributed by atoms with Crippen molar-refractivity contribution in [2.75, 3.05) is 6.61 Å². The third-order valence-corrected chi connectivity index (χ3v) is 3.87. The number of rotatable bonds is 2. The minimum absolute atomic E-state index is 0.0304. The van der Waals surface area contributed by atoms with Crippen LogP contribution < -0.4 is 4.74 Å². The molecule has 0 saturated carbocycles. The first-order valence-corrected chi connectivity index (χ1v) is 7.79. The summed E-state index contributed by atoms with van der Waals surface area (Å²) in [5.41, 5.74) is 0.0266. The molecule has 3 nitrogen and oxygen atoms in total. The van der Waals surface area contributed by atoms with Gasteiger partial charge in [0.1, 0.15) is 5.75 Å². The van der Waals surface area contributed by atoms with Gasteiger partial charge in [-0.15, -0.1) is 0 Å². The van der Waals surface area contributed by atoms with Gasteiger partial charge < -0.3 is 9.47 Å². The number of alkyl halides is 3. The van der Waals surface area contributed by atoms with Gasteiger partial charge in [0.2, 0.25) is 6.10 Å². The van der Waals surface area contributed by atoms with E-state index in [1.807, 2.05) is 20.8 Å². The molecule has 1 aromatic rings. The highest BCUT2D eigenvalue weighted by atomic mass is 35.5. The van der Waals surface area contributed by atoms with Gasteiger partial charge >= 0.3 is 12.1 Å². The zero-order valence-electron chi connectivity index (χ0n) is 13.8. The SMILES string of the molecule is CCOC(=O)C1=Cc2cc(Cl)c(C(C)(C)C)cc2OC1C(F)(F)F. The Bertz CT molecular complexity index is 688. The molecule has 0 N–H and O–H groups in total. The van der Waals surface area contributed by atoms with Crippen LogP contribution in [0.2, 0.25) is 5.02 Å². The molecule has 1 aliphatic rings. The largest absolute Gasteiger partial charge is 0.475 e. The number of hydrogen-bond donors (Lipinski definition) is 0. The Labute approximate surface area is 143 Å². The summed E-state index contributed by atoms with van der Waals surface area (Å²) in [6, 6.07) is 3.00. The number of carbonyl (C=O) groups is 1. The van der Waals surface area contributed by atoms with Crippen LogP contribution in [0.25, 0.3) is 6.08 Å². The highest BCUT2D eigenvalue weighted by Crippen LogP contribution is 2.42. The maximum absolute atomic E-state index is 13.3. The molecule has 1 aliphatic heterocycles. The van der Waals surface area contributed by atoms with E-state index < -0.39 is 23.8 Å². The Morgan fingerprint density at radius 1 is 1.29 bits per heavy atom. The van der Waals surface area contributed by atoms with Crippen LogP contribution in [0.15, 0.2) is 17.7 Å². The molecule has 132 valence electrons. The third kappa shape index (κ3) is 3.69. The van der Waals surface area contributed by atoms with Crippen LogP contribution in [0.5, 0.6) is 5.75 Å². The molecule has 2 rings (SSSR count). The number of fused-ring (bicyclic) bond motifs is 1. The lowest BCUT2D eigenvalue weighted by Gasteiger charge is -2.30. The molecule has 0 aromatic heterocycles. The van der Waals surface area contributed by atoms with E-state index in [0.29, 0.717) is 16.1 Å². The first kappa shape index (κ1) is 18.6. The molecule has 1 unspecified atom stereocenters. The van der Waals surface area contributed by atoms with Crippen molar-refractivity contribution < 1.29 is 27.4 Å². The van der Waals surface area contributed by atoms with Crippen molar-refractivity contribution in [1.29, 1.82) is 0 Å². The zero-order chi connectivity index (χ0) is 18.3. The fourth-order valence-electron chi connectivity index (χ4n) is 2.42. The summed E-state index contributed by atoms with van der Waals surface area (Å²) in [6.45, 7) is 7.17. The second-order valence-electron chi connectivity index (χ2n) is 6.48. The molecule has 0 spiro atoms. The molecule has 0 bridgehead atoms. The van der Waals surface area contributed by atoms with Crippen molar-refractivity contribution in [3.63, 3.8) is 0 Å². The molecule has 0 saturated heterocycles. The Morgan fingerprint density at radius 3 is 2.42 bits per heavy atom. The van der Waals surface area contributed by atoms with Gasteiger partial charge in [0.05, 0.1) is 12.2 Å². The molecule has 1 aromatic carbocycles. The fourth-order valence-corrected chi connectivity index (χ4v) is 2.87. The molecular formula is C17H18ClF3O3. The van der Waals surface area contributed by atoms with Gasteiger partial charge in [-0.2, -0.15) is 13.2 Å². The van der Waals surface area contributed by atoms with E-state index >= 15 is 0 Å². The minimum Gasteiger partial charge on any atom is -0.475 e. The second-order valence-corrected chi connectivity index (χ2v) is 6.89. The molecule has 24 heavy (non-hydrogen) atoms. The summed E-state index contributed by atoms with van der Waals surface area (Å²) in [7, 11) is 0. The average Bonchev–Trinajstić information content (AvgIpc) is 2.43. The predicted molar refractivity (Wildman–Crippen MR) is 85.2 cm³/mol. The van der Waals surface area contributed by atoms with Gasteiger partial charge in [-0.3, -0.25) is 0 Å². The molecule has 1 heterocycles. The maximum atomic E-state index is 13.3.